The molecule has 5 aliphatic rings. The first-order valence-electron chi connectivity index (χ1n) is 22.0. The number of rotatable bonds is 8. The summed E-state index contributed by atoms with van der Waals surface area (Å²) in [5.74, 6) is -2.90. The number of piperazine rings is 1. The molecule has 1 aliphatic carbocycles. The zero-order chi connectivity index (χ0) is 43.9. The van der Waals surface area contributed by atoms with Crippen molar-refractivity contribution < 1.29 is 23.1 Å². The van der Waals surface area contributed by atoms with Gasteiger partial charge < -0.3 is 29.7 Å². The molecule has 2 unspecified atom stereocenters. The number of imide groups is 1. The zero-order valence-corrected chi connectivity index (χ0v) is 36.6. The normalized spacial score (nSPS) is 24.5. The number of amides is 2. The van der Waals surface area contributed by atoms with Gasteiger partial charge in [-0.05, 0) is 82.1 Å². The maximum Gasteiger partial charge on any atom is 0.301 e. The number of piperidine rings is 2. The molecule has 2 amide bonds. The molecule has 18 heteroatoms. The van der Waals surface area contributed by atoms with E-state index in [4.69, 9.17) is 26.4 Å². The van der Waals surface area contributed by atoms with Crippen molar-refractivity contribution in [3.05, 3.63) is 63.7 Å². The van der Waals surface area contributed by atoms with Crippen molar-refractivity contribution in [3.8, 4) is 5.75 Å². The van der Waals surface area contributed by atoms with Crippen LogP contribution in [0.15, 0.2) is 47.4 Å². The van der Waals surface area contributed by atoms with E-state index < -0.39 is 30.0 Å². The molecule has 1 saturated carbocycles. The summed E-state index contributed by atoms with van der Waals surface area (Å²) in [6.07, 6.45) is 5.73. The molecule has 7 heterocycles. The molecule has 4 fully saturated rings. The van der Waals surface area contributed by atoms with Gasteiger partial charge in [-0.1, -0.05) is 23.7 Å². The minimum absolute atomic E-state index is 0.107. The third-order valence-electron chi connectivity index (χ3n) is 13.9. The molecular formula is C45H52ClF2N11O4. The molecule has 63 heavy (non-hydrogen) atoms. The molecule has 0 radical (unpaired) electrons. The van der Waals surface area contributed by atoms with Crippen LogP contribution in [-0.2, 0) is 23.7 Å². The second kappa shape index (κ2) is 15.9. The van der Waals surface area contributed by atoms with E-state index in [1.54, 1.807) is 19.3 Å². The van der Waals surface area contributed by atoms with Gasteiger partial charge in [-0.3, -0.25) is 29.3 Å². The number of anilines is 5. The first-order valence-corrected chi connectivity index (χ1v) is 22.4. The van der Waals surface area contributed by atoms with Crippen LogP contribution in [0.25, 0.3) is 21.8 Å². The van der Waals surface area contributed by atoms with Gasteiger partial charge in [0.1, 0.15) is 5.02 Å². The quantitative estimate of drug-likeness (QED) is 0.153. The number of pyridine rings is 1. The number of ether oxygens (including phenoxy) is 1. The number of alkyl halides is 2. The highest BCUT2D eigenvalue weighted by Crippen LogP contribution is 2.46. The Morgan fingerprint density at radius 2 is 1.73 bits per heavy atom. The lowest BCUT2D eigenvalue weighted by molar-refractivity contribution is -0.134. The van der Waals surface area contributed by atoms with Crippen molar-refractivity contribution in [3.63, 3.8) is 0 Å². The summed E-state index contributed by atoms with van der Waals surface area (Å²) in [6, 6.07) is 11.1. The highest BCUT2D eigenvalue weighted by atomic mass is 35.5. The third kappa shape index (κ3) is 7.59. The van der Waals surface area contributed by atoms with Gasteiger partial charge in [-0.2, -0.15) is 10.1 Å². The van der Waals surface area contributed by atoms with Crippen molar-refractivity contribution in [1.29, 1.82) is 0 Å². The lowest BCUT2D eigenvalue weighted by Crippen LogP contribution is -2.58. The monoisotopic (exact) mass is 883 g/mol. The van der Waals surface area contributed by atoms with Crippen LogP contribution in [0, 0.1) is 11.8 Å². The summed E-state index contributed by atoms with van der Waals surface area (Å²) >= 11 is 6.66. The van der Waals surface area contributed by atoms with Crippen molar-refractivity contribution >= 4 is 74.0 Å². The Balaban J connectivity index is 0.799. The topological polar surface area (TPSA) is 155 Å². The molecule has 0 spiro atoms. The van der Waals surface area contributed by atoms with Crippen LogP contribution in [-0.4, -0.2) is 104 Å². The van der Waals surface area contributed by atoms with E-state index in [0.29, 0.717) is 77.1 Å². The molecule has 3 aromatic heterocycles. The van der Waals surface area contributed by atoms with Gasteiger partial charge in [0, 0.05) is 81.8 Å². The predicted octanol–water partition coefficient (Wildman–Crippen LogP) is 6.17. The van der Waals surface area contributed by atoms with Gasteiger partial charge in [0.05, 0.1) is 46.3 Å². The fourth-order valence-electron chi connectivity index (χ4n) is 10.4. The van der Waals surface area contributed by atoms with Crippen LogP contribution >= 0.6 is 11.6 Å². The number of nitrogens with zero attached hydrogens (tertiary/aromatic N) is 8. The average molecular weight is 884 g/mol. The Bertz CT molecular complexity index is 2690. The molecular weight excluding hydrogens is 832 g/mol. The zero-order valence-electron chi connectivity index (χ0n) is 35.8. The second-order valence-electron chi connectivity index (χ2n) is 18.2. The molecule has 10 rings (SSSR count). The number of hydrogen-bond donors (Lipinski definition) is 3. The van der Waals surface area contributed by atoms with E-state index >= 15 is 8.78 Å². The number of carbonyl (C=O) groups excluding carboxylic acids is 2. The van der Waals surface area contributed by atoms with Crippen molar-refractivity contribution in [1.82, 2.24) is 34.5 Å². The molecule has 4 aliphatic heterocycles. The summed E-state index contributed by atoms with van der Waals surface area (Å²) in [5.41, 5.74) is 3.83. The highest BCUT2D eigenvalue weighted by Gasteiger charge is 2.51. The number of hydrogen-bond acceptors (Lipinski definition) is 12. The number of halogens is 3. The van der Waals surface area contributed by atoms with Crippen LogP contribution in [0.1, 0.15) is 64.0 Å². The Morgan fingerprint density at radius 1 is 0.968 bits per heavy atom. The average Bonchev–Trinajstić information content (AvgIpc) is 4.06. The Morgan fingerprint density at radius 3 is 2.46 bits per heavy atom. The third-order valence-corrected chi connectivity index (χ3v) is 14.1. The molecule has 15 nitrogen and oxygen atoms in total. The first kappa shape index (κ1) is 41.5. The summed E-state index contributed by atoms with van der Waals surface area (Å²) in [5, 5.41) is 15.5. The van der Waals surface area contributed by atoms with Crippen molar-refractivity contribution in [2.75, 3.05) is 59.8 Å². The van der Waals surface area contributed by atoms with Crippen LogP contribution in [0.2, 0.25) is 5.02 Å². The number of para-hydroxylation sites is 1. The van der Waals surface area contributed by atoms with Gasteiger partial charge in [0.25, 0.3) is 5.56 Å². The van der Waals surface area contributed by atoms with E-state index in [0.717, 1.165) is 67.8 Å². The fourth-order valence-corrected chi connectivity index (χ4v) is 10.5. The van der Waals surface area contributed by atoms with E-state index in [1.807, 2.05) is 36.0 Å². The van der Waals surface area contributed by atoms with E-state index in [1.165, 1.54) is 4.57 Å². The lowest BCUT2D eigenvalue weighted by Gasteiger charge is -2.47. The number of fused-ring (bicyclic) bond motifs is 4. The maximum absolute atomic E-state index is 15.2. The molecule has 0 bridgehead atoms. The second-order valence-corrected chi connectivity index (χ2v) is 18.6. The summed E-state index contributed by atoms with van der Waals surface area (Å²) in [4.78, 5) is 54.6. The SMILES string of the molecule is C[C@@H]1CN(c2cccc3c(C4CCC(=O)NC4=O)nn(C)c23)C[C@H](C)N1CC1CCN(c2ncc(Cl)c(Nc3ccc4c(c3)c3c(c(=O)n4C)OCC(F)(F)C(C4CC4)N3)n2)CC1. The molecule has 2 aromatic carbocycles. The minimum atomic E-state index is -3.13. The van der Waals surface area contributed by atoms with Gasteiger partial charge in [-0.25, -0.2) is 13.8 Å². The Labute approximate surface area is 368 Å². The Hall–Kier alpha value is -5.55. The van der Waals surface area contributed by atoms with Gasteiger partial charge >= 0.3 is 5.92 Å². The van der Waals surface area contributed by atoms with Crippen LogP contribution < -0.4 is 36.0 Å². The van der Waals surface area contributed by atoms with Crippen molar-refractivity contribution in [2.24, 2.45) is 25.9 Å². The number of nitrogens with one attached hydrogen (secondary N) is 3. The molecule has 4 atom stereocenters. The fraction of sp³-hybridized carbons (Fsp3) is 0.511. The number of benzene rings is 2. The van der Waals surface area contributed by atoms with E-state index in [-0.39, 0.29) is 29.2 Å². The largest absolute Gasteiger partial charge is 0.480 e. The molecule has 5 aromatic rings. The summed E-state index contributed by atoms with van der Waals surface area (Å²) in [6.45, 7) is 8.02. The smallest absolute Gasteiger partial charge is 0.301 e. The molecule has 3 N–H and O–H groups in total. The maximum atomic E-state index is 15.2. The van der Waals surface area contributed by atoms with Crippen LogP contribution in [0.5, 0.6) is 5.75 Å². The van der Waals surface area contributed by atoms with Crippen molar-refractivity contribution in [2.45, 2.75) is 82.3 Å². The summed E-state index contributed by atoms with van der Waals surface area (Å²) < 4.78 is 39.2. The highest BCUT2D eigenvalue weighted by molar-refractivity contribution is 6.33. The van der Waals surface area contributed by atoms with Crippen LogP contribution in [0.4, 0.5) is 37.6 Å². The molecule has 332 valence electrons. The molecule has 3 saturated heterocycles. The number of aryl methyl sites for hydroxylation is 2. The number of carbonyl (C=O) groups is 2. The minimum Gasteiger partial charge on any atom is -0.480 e. The Kier molecular flexibility index (Phi) is 10.5. The van der Waals surface area contributed by atoms with Crippen LogP contribution in [0.3, 0.4) is 0 Å². The number of aromatic nitrogens is 5. The van der Waals surface area contributed by atoms with Gasteiger partial charge in [-0.15, -0.1) is 0 Å². The van der Waals surface area contributed by atoms with E-state index in [9.17, 15) is 14.4 Å². The predicted molar refractivity (Wildman–Crippen MR) is 239 cm³/mol. The van der Waals surface area contributed by atoms with E-state index in [2.05, 4.69) is 55.5 Å². The standard InChI is InChI=1S/C45H52ClF2N11O4/c1-24-20-58(34-7-5-6-29-36(54-56(4)38(29)34)30-11-13-35(60)51-42(30)61)21-25(2)59(24)22-26-14-16-57(17-15-26)44-49-19-32(46)41(53-44)50-28-10-12-33-31(18-28)37-39(43(62)55(33)3)63-23-45(47,48)40(52-37)27-8-9-27/h5-7,10,12,18-19,24-27,30,40,52H,8-9,11,13-17,20-23H2,1-4H3,(H,49,50,53)(H,51,60,61)/t24-,25+,30?,40?. The lowest BCUT2D eigenvalue weighted by atomic mass is 9.92. The first-order chi connectivity index (χ1) is 30.2. The van der Waals surface area contributed by atoms with Gasteiger partial charge in [0.2, 0.25) is 23.5 Å². The summed E-state index contributed by atoms with van der Waals surface area (Å²) in [7, 11) is 3.54. The van der Waals surface area contributed by atoms with Gasteiger partial charge in [0.15, 0.2) is 12.4 Å².